The molecular weight excluding hydrogens is 334 g/mol. The lowest BCUT2D eigenvalue weighted by atomic mass is 9.84. The van der Waals surface area contributed by atoms with Gasteiger partial charge in [-0.15, -0.1) is 0 Å². The molecule has 27 heavy (non-hydrogen) atoms. The van der Waals surface area contributed by atoms with Gasteiger partial charge in [-0.2, -0.15) is 0 Å². The van der Waals surface area contributed by atoms with Gasteiger partial charge in [0.1, 0.15) is 0 Å². The minimum absolute atomic E-state index is 0.00256. The second-order valence-corrected chi connectivity index (χ2v) is 8.15. The van der Waals surface area contributed by atoms with Crippen LogP contribution in [0, 0.1) is 5.92 Å². The van der Waals surface area contributed by atoms with Gasteiger partial charge < -0.3 is 15.1 Å². The Morgan fingerprint density at radius 1 is 0.926 bits per heavy atom. The van der Waals surface area contributed by atoms with Crippen LogP contribution >= 0.6 is 0 Å². The van der Waals surface area contributed by atoms with Crippen LogP contribution in [-0.2, 0) is 6.42 Å². The van der Waals surface area contributed by atoms with Crippen molar-refractivity contribution in [2.45, 2.75) is 31.3 Å². The molecule has 0 aliphatic carbocycles. The van der Waals surface area contributed by atoms with E-state index in [-0.39, 0.29) is 12.1 Å². The summed E-state index contributed by atoms with van der Waals surface area (Å²) in [6.45, 7) is 4.17. The molecule has 2 aromatic rings. The van der Waals surface area contributed by atoms with Crippen molar-refractivity contribution >= 4 is 6.03 Å². The van der Waals surface area contributed by atoms with Crippen LogP contribution in [-0.4, -0.2) is 48.1 Å². The lowest BCUT2D eigenvalue weighted by Crippen LogP contribution is -2.59. The van der Waals surface area contributed by atoms with Crippen LogP contribution < -0.4 is 5.32 Å². The predicted octanol–water partition coefficient (Wildman–Crippen LogP) is 3.44. The molecule has 0 aromatic heterocycles. The molecule has 2 atom stereocenters. The molecule has 4 aliphatic heterocycles. The molecule has 4 nitrogen and oxygen atoms in total. The van der Waals surface area contributed by atoms with Crippen LogP contribution in [0.2, 0.25) is 0 Å². The van der Waals surface area contributed by atoms with Crippen molar-refractivity contribution in [1.29, 1.82) is 0 Å². The van der Waals surface area contributed by atoms with Crippen LogP contribution in [0.25, 0.3) is 0 Å². The van der Waals surface area contributed by atoms with Crippen molar-refractivity contribution < 1.29 is 4.79 Å². The largest absolute Gasteiger partial charge is 0.334 e. The number of nitrogens with one attached hydrogen (secondary N) is 1. The molecule has 0 unspecified atom stereocenters. The summed E-state index contributed by atoms with van der Waals surface area (Å²) in [7, 11) is 0. The van der Waals surface area contributed by atoms with Crippen LogP contribution in [0.3, 0.4) is 0 Å². The molecule has 0 saturated carbocycles. The highest BCUT2D eigenvalue weighted by atomic mass is 16.2. The molecule has 1 N–H and O–H groups in total. The van der Waals surface area contributed by atoms with Crippen LogP contribution in [0.1, 0.15) is 35.6 Å². The van der Waals surface area contributed by atoms with Gasteiger partial charge in [0.05, 0.1) is 6.04 Å². The zero-order valence-electron chi connectivity index (χ0n) is 15.7. The molecular formula is C23H27N3O. The van der Waals surface area contributed by atoms with Gasteiger partial charge in [-0.25, -0.2) is 4.79 Å². The SMILES string of the molecule is O=C(N[C@@H]1CN2CCC1CC2)N1CCc2ccccc2[C@@H]1c1ccccc1. The third kappa shape index (κ3) is 3.12. The van der Waals surface area contributed by atoms with E-state index in [9.17, 15) is 4.79 Å². The third-order valence-corrected chi connectivity index (χ3v) is 6.62. The average Bonchev–Trinajstić information content (AvgIpc) is 2.74. The minimum atomic E-state index is -0.00256. The normalized spacial score (nSPS) is 29.3. The molecule has 4 heteroatoms. The van der Waals surface area contributed by atoms with Crippen molar-refractivity contribution in [3.8, 4) is 0 Å². The van der Waals surface area contributed by atoms with E-state index in [2.05, 4.69) is 63.6 Å². The number of amides is 2. The van der Waals surface area contributed by atoms with Crippen LogP contribution in [0.5, 0.6) is 0 Å². The van der Waals surface area contributed by atoms with E-state index in [0.29, 0.717) is 12.0 Å². The van der Waals surface area contributed by atoms with Gasteiger partial charge in [0.2, 0.25) is 0 Å². The first-order valence-electron chi connectivity index (χ1n) is 10.2. The first-order chi connectivity index (χ1) is 13.3. The molecule has 140 valence electrons. The molecule has 4 heterocycles. The summed E-state index contributed by atoms with van der Waals surface area (Å²) in [6, 6.07) is 19.4. The number of fused-ring (bicyclic) bond motifs is 4. The maximum absolute atomic E-state index is 13.3. The summed E-state index contributed by atoms with van der Waals surface area (Å²) >= 11 is 0. The number of hydrogen-bond acceptors (Lipinski definition) is 2. The molecule has 2 aromatic carbocycles. The molecule has 0 spiro atoms. The summed E-state index contributed by atoms with van der Waals surface area (Å²) < 4.78 is 0. The van der Waals surface area contributed by atoms with Gasteiger partial charge in [0, 0.05) is 19.1 Å². The third-order valence-electron chi connectivity index (χ3n) is 6.62. The van der Waals surface area contributed by atoms with E-state index in [1.165, 1.54) is 42.6 Å². The van der Waals surface area contributed by atoms with Crippen LogP contribution in [0.15, 0.2) is 54.6 Å². The van der Waals surface area contributed by atoms with Gasteiger partial charge in [-0.05, 0) is 55.0 Å². The van der Waals surface area contributed by atoms with Crippen molar-refractivity contribution in [2.24, 2.45) is 5.92 Å². The Kier molecular flexibility index (Phi) is 4.36. The first kappa shape index (κ1) is 16.8. The Balaban J connectivity index is 1.43. The number of urea groups is 1. The Morgan fingerprint density at radius 3 is 2.41 bits per heavy atom. The molecule has 0 radical (unpaired) electrons. The smallest absolute Gasteiger partial charge is 0.318 e. The van der Waals surface area contributed by atoms with Gasteiger partial charge in [0.25, 0.3) is 0 Å². The first-order valence-corrected chi connectivity index (χ1v) is 10.2. The van der Waals surface area contributed by atoms with Crippen molar-refractivity contribution in [3.63, 3.8) is 0 Å². The summed E-state index contributed by atoms with van der Waals surface area (Å²) in [5.74, 6) is 0.645. The number of piperidine rings is 3. The predicted molar refractivity (Wildman–Crippen MR) is 107 cm³/mol. The Morgan fingerprint density at radius 2 is 1.67 bits per heavy atom. The summed E-state index contributed by atoms with van der Waals surface area (Å²) in [5.41, 5.74) is 3.81. The average molecular weight is 361 g/mol. The standard InChI is InChI=1S/C23H27N3O/c27-23(24-21-16-25-13-10-18(21)11-14-25)26-15-12-17-6-4-5-9-20(17)22(26)19-7-2-1-3-8-19/h1-9,18,21-22H,10-16H2,(H,24,27)/t21-,22+/m1/s1. The Labute approximate surface area is 161 Å². The number of carbonyl (C=O) groups excluding carboxylic acids is 1. The van der Waals surface area contributed by atoms with E-state index in [0.717, 1.165) is 19.5 Å². The van der Waals surface area contributed by atoms with Crippen molar-refractivity contribution in [1.82, 2.24) is 15.1 Å². The Bertz CT molecular complexity index is 813. The molecule has 3 fully saturated rings. The highest BCUT2D eigenvalue weighted by molar-refractivity contribution is 5.76. The Hall–Kier alpha value is -2.33. The molecule has 6 rings (SSSR count). The molecule has 3 saturated heterocycles. The molecule has 2 bridgehead atoms. The van der Waals surface area contributed by atoms with Crippen molar-refractivity contribution in [2.75, 3.05) is 26.2 Å². The van der Waals surface area contributed by atoms with Crippen LogP contribution in [0.4, 0.5) is 4.79 Å². The highest BCUT2D eigenvalue weighted by Gasteiger charge is 2.38. The number of rotatable bonds is 2. The van der Waals surface area contributed by atoms with Gasteiger partial charge in [-0.1, -0.05) is 54.6 Å². The second-order valence-electron chi connectivity index (χ2n) is 8.15. The molecule has 4 aliphatic rings. The van der Waals surface area contributed by atoms with Crippen molar-refractivity contribution in [3.05, 3.63) is 71.3 Å². The summed E-state index contributed by atoms with van der Waals surface area (Å²) in [5, 5.41) is 3.40. The number of carbonyl (C=O) groups is 1. The summed E-state index contributed by atoms with van der Waals surface area (Å²) in [6.07, 6.45) is 3.36. The van der Waals surface area contributed by atoms with E-state index in [1.54, 1.807) is 0 Å². The lowest BCUT2D eigenvalue weighted by Gasteiger charge is -2.46. The lowest BCUT2D eigenvalue weighted by molar-refractivity contribution is 0.0715. The van der Waals surface area contributed by atoms with E-state index in [1.807, 2.05) is 6.07 Å². The number of nitrogens with zero attached hydrogens (tertiary/aromatic N) is 2. The molecule has 2 amide bonds. The van der Waals surface area contributed by atoms with E-state index in [4.69, 9.17) is 0 Å². The zero-order chi connectivity index (χ0) is 18.2. The van der Waals surface area contributed by atoms with Gasteiger partial charge >= 0.3 is 6.03 Å². The van der Waals surface area contributed by atoms with E-state index < -0.39 is 0 Å². The maximum atomic E-state index is 13.3. The monoisotopic (exact) mass is 361 g/mol. The maximum Gasteiger partial charge on any atom is 0.318 e. The summed E-state index contributed by atoms with van der Waals surface area (Å²) in [4.78, 5) is 17.9. The highest BCUT2D eigenvalue weighted by Crippen LogP contribution is 2.35. The van der Waals surface area contributed by atoms with Gasteiger partial charge in [0.15, 0.2) is 0 Å². The van der Waals surface area contributed by atoms with E-state index >= 15 is 0 Å². The minimum Gasteiger partial charge on any atom is -0.334 e. The number of benzene rings is 2. The topological polar surface area (TPSA) is 35.6 Å². The fourth-order valence-electron chi connectivity index (χ4n) is 5.15. The fourth-order valence-corrected chi connectivity index (χ4v) is 5.15. The zero-order valence-corrected chi connectivity index (χ0v) is 15.7. The van der Waals surface area contributed by atoms with Gasteiger partial charge in [-0.3, -0.25) is 0 Å². The number of hydrogen-bond donors (Lipinski definition) is 1. The second kappa shape index (κ2) is 7.01. The quantitative estimate of drug-likeness (QED) is 0.889. The fraction of sp³-hybridized carbons (Fsp3) is 0.435.